The number of para-hydroxylation sites is 1. The third-order valence-corrected chi connectivity index (χ3v) is 8.99. The fourth-order valence-electron chi connectivity index (χ4n) is 5.18. The number of benzene rings is 1. The Hall–Kier alpha value is -2.48. The van der Waals surface area contributed by atoms with Gasteiger partial charge in [-0.2, -0.15) is 0 Å². The van der Waals surface area contributed by atoms with Crippen LogP contribution in [0.25, 0.3) is 0 Å². The van der Waals surface area contributed by atoms with Crippen LogP contribution in [-0.4, -0.2) is 31.2 Å². The Morgan fingerprint density at radius 3 is 2.39 bits per heavy atom. The van der Waals surface area contributed by atoms with E-state index < -0.39 is 24.4 Å². The number of rotatable bonds is 4. The SMILES string of the molecule is COC(=O)C1=C(C)NC(C)=C(P2(=O)OCC3(CCCCC3)CO2)C1c1ccccc1[N+](=O)[O-]. The lowest BCUT2D eigenvalue weighted by Gasteiger charge is -2.44. The molecule has 1 spiro atoms. The molecule has 2 fully saturated rings. The molecule has 178 valence electrons. The van der Waals surface area contributed by atoms with Crippen molar-refractivity contribution in [2.24, 2.45) is 5.41 Å². The maximum atomic E-state index is 14.2. The number of nitro benzene ring substituents is 1. The second kappa shape index (κ2) is 9.05. The molecule has 3 aliphatic rings. The first kappa shape index (κ1) is 23.7. The number of hydrogen-bond donors (Lipinski definition) is 1. The molecule has 1 saturated carbocycles. The van der Waals surface area contributed by atoms with Gasteiger partial charge >= 0.3 is 13.6 Å². The number of ether oxygens (including phenoxy) is 1. The van der Waals surface area contributed by atoms with Gasteiger partial charge in [0.15, 0.2) is 0 Å². The molecule has 2 heterocycles. The van der Waals surface area contributed by atoms with E-state index in [4.69, 9.17) is 13.8 Å². The smallest absolute Gasteiger partial charge is 0.360 e. The van der Waals surface area contributed by atoms with Crippen LogP contribution in [0.2, 0.25) is 0 Å². The van der Waals surface area contributed by atoms with Gasteiger partial charge in [0.25, 0.3) is 5.69 Å². The predicted octanol–water partition coefficient (Wildman–Crippen LogP) is 5.15. The number of hydrogen-bond acceptors (Lipinski definition) is 8. The molecule has 1 atom stereocenters. The molecule has 1 N–H and O–H groups in total. The Kier molecular flexibility index (Phi) is 6.49. The molecule has 10 heteroatoms. The summed E-state index contributed by atoms with van der Waals surface area (Å²) in [5.41, 5.74) is 1.00. The third-order valence-electron chi connectivity index (χ3n) is 6.87. The van der Waals surface area contributed by atoms with Gasteiger partial charge in [0, 0.05) is 28.4 Å². The largest absolute Gasteiger partial charge is 0.466 e. The van der Waals surface area contributed by atoms with Crippen molar-refractivity contribution >= 4 is 19.3 Å². The number of methoxy groups -OCH3 is 1. The summed E-state index contributed by atoms with van der Waals surface area (Å²) in [5, 5.41) is 15.2. The first-order chi connectivity index (χ1) is 15.7. The van der Waals surface area contributed by atoms with E-state index in [1.807, 2.05) is 0 Å². The van der Waals surface area contributed by atoms with E-state index in [2.05, 4.69) is 5.32 Å². The summed E-state index contributed by atoms with van der Waals surface area (Å²) in [7, 11) is -2.63. The lowest BCUT2D eigenvalue weighted by molar-refractivity contribution is -0.385. The minimum absolute atomic E-state index is 0.146. The van der Waals surface area contributed by atoms with E-state index >= 15 is 0 Å². The van der Waals surface area contributed by atoms with Gasteiger partial charge in [0.1, 0.15) is 0 Å². The molecule has 1 aromatic rings. The number of esters is 1. The number of allylic oxidation sites excluding steroid dienone is 3. The number of carbonyl (C=O) groups is 1. The van der Waals surface area contributed by atoms with Crippen LogP contribution < -0.4 is 5.32 Å². The van der Waals surface area contributed by atoms with Crippen molar-refractivity contribution in [3.05, 3.63) is 62.2 Å². The summed E-state index contributed by atoms with van der Waals surface area (Å²) in [5.74, 6) is -1.67. The summed E-state index contributed by atoms with van der Waals surface area (Å²) in [6.45, 7) is 3.98. The van der Waals surface area contributed by atoms with Crippen molar-refractivity contribution in [1.82, 2.24) is 5.32 Å². The molecule has 0 bridgehead atoms. The van der Waals surface area contributed by atoms with Gasteiger partial charge < -0.3 is 19.1 Å². The zero-order valence-electron chi connectivity index (χ0n) is 19.1. The van der Waals surface area contributed by atoms with Crippen molar-refractivity contribution < 1.29 is 28.1 Å². The van der Waals surface area contributed by atoms with Crippen molar-refractivity contribution in [2.45, 2.75) is 51.9 Å². The first-order valence-corrected chi connectivity index (χ1v) is 12.7. The lowest BCUT2D eigenvalue weighted by Crippen LogP contribution is -2.38. The molecule has 1 aromatic carbocycles. The molecule has 1 unspecified atom stereocenters. The highest BCUT2D eigenvalue weighted by atomic mass is 31.2. The summed E-state index contributed by atoms with van der Waals surface area (Å²) < 4.78 is 31.2. The van der Waals surface area contributed by atoms with Gasteiger partial charge in [-0.15, -0.1) is 0 Å². The monoisotopic (exact) mass is 476 g/mol. The van der Waals surface area contributed by atoms with Crippen molar-refractivity contribution in [2.75, 3.05) is 20.3 Å². The van der Waals surface area contributed by atoms with Crippen LogP contribution in [0.3, 0.4) is 0 Å². The van der Waals surface area contributed by atoms with E-state index in [1.165, 1.54) is 19.6 Å². The summed E-state index contributed by atoms with van der Waals surface area (Å²) in [6, 6.07) is 6.13. The maximum Gasteiger partial charge on any atom is 0.360 e. The second-order valence-electron chi connectivity index (χ2n) is 9.02. The van der Waals surface area contributed by atoms with Crippen molar-refractivity contribution in [3.63, 3.8) is 0 Å². The summed E-state index contributed by atoms with van der Waals surface area (Å²) in [4.78, 5) is 24.2. The average Bonchev–Trinajstić information content (AvgIpc) is 2.81. The molecule has 4 rings (SSSR count). The molecule has 1 saturated heterocycles. The Labute approximate surface area is 192 Å². The number of nitrogens with zero attached hydrogens (tertiary/aromatic N) is 1. The van der Waals surface area contributed by atoms with Gasteiger partial charge in [-0.1, -0.05) is 37.5 Å². The highest BCUT2D eigenvalue weighted by Gasteiger charge is 2.51. The fraction of sp³-hybridized carbons (Fsp3) is 0.522. The molecular formula is C23H29N2O7P. The van der Waals surface area contributed by atoms with Crippen molar-refractivity contribution in [1.29, 1.82) is 0 Å². The van der Waals surface area contributed by atoms with Crippen LogP contribution >= 0.6 is 7.60 Å². The number of carbonyl (C=O) groups excluding carboxylic acids is 1. The highest BCUT2D eigenvalue weighted by molar-refractivity contribution is 7.58. The Bertz CT molecular complexity index is 1070. The molecule has 33 heavy (non-hydrogen) atoms. The van der Waals surface area contributed by atoms with Crippen LogP contribution in [-0.2, 0) is 23.1 Å². The Morgan fingerprint density at radius 2 is 1.79 bits per heavy atom. The standard InChI is InChI=1S/C23H29N2O7P/c1-15-19(22(26)30-3)20(17-9-5-6-10-18(17)25(27)28)21(16(2)24-15)33(29)31-13-23(14-32-33)11-7-4-8-12-23/h5-6,9-10,20,24H,4,7-8,11-14H2,1-3H3. The molecule has 9 nitrogen and oxygen atoms in total. The van der Waals surface area contributed by atoms with Crippen LogP contribution in [0.4, 0.5) is 5.69 Å². The van der Waals surface area contributed by atoms with E-state index in [-0.39, 0.29) is 27.6 Å². The summed E-state index contributed by atoms with van der Waals surface area (Å²) in [6.07, 6.45) is 5.22. The van der Waals surface area contributed by atoms with E-state index in [0.29, 0.717) is 24.6 Å². The third kappa shape index (κ3) is 4.25. The van der Waals surface area contributed by atoms with Crippen LogP contribution in [0, 0.1) is 15.5 Å². The minimum atomic E-state index is -3.87. The minimum Gasteiger partial charge on any atom is -0.466 e. The van der Waals surface area contributed by atoms with E-state index in [9.17, 15) is 19.5 Å². The van der Waals surface area contributed by atoms with Crippen LogP contribution in [0.1, 0.15) is 57.4 Å². The van der Waals surface area contributed by atoms with Gasteiger partial charge in [0.2, 0.25) is 0 Å². The van der Waals surface area contributed by atoms with Crippen LogP contribution in [0.5, 0.6) is 0 Å². The molecule has 2 aliphatic heterocycles. The molecule has 0 amide bonds. The normalized spacial score (nSPS) is 24.4. The Morgan fingerprint density at radius 1 is 1.15 bits per heavy atom. The van der Waals surface area contributed by atoms with Gasteiger partial charge in [0.05, 0.1) is 42.1 Å². The van der Waals surface area contributed by atoms with E-state index in [1.54, 1.807) is 32.0 Å². The number of nitro groups is 1. The van der Waals surface area contributed by atoms with E-state index in [0.717, 1.165) is 25.7 Å². The van der Waals surface area contributed by atoms with Gasteiger partial charge in [-0.3, -0.25) is 14.7 Å². The average molecular weight is 476 g/mol. The van der Waals surface area contributed by atoms with Gasteiger partial charge in [-0.25, -0.2) is 4.79 Å². The maximum absolute atomic E-state index is 14.2. The molecular weight excluding hydrogens is 447 g/mol. The van der Waals surface area contributed by atoms with Crippen molar-refractivity contribution in [3.8, 4) is 0 Å². The topological polar surface area (TPSA) is 117 Å². The predicted molar refractivity (Wildman–Crippen MR) is 121 cm³/mol. The highest BCUT2D eigenvalue weighted by Crippen LogP contribution is 2.67. The molecule has 1 aliphatic carbocycles. The van der Waals surface area contributed by atoms with Crippen LogP contribution in [0.15, 0.2) is 46.5 Å². The Balaban J connectivity index is 1.82. The quantitative estimate of drug-likeness (QED) is 0.274. The van der Waals surface area contributed by atoms with Gasteiger partial charge in [-0.05, 0) is 26.7 Å². The second-order valence-corrected chi connectivity index (χ2v) is 11.0. The fourth-order valence-corrected chi connectivity index (χ4v) is 7.47. The summed E-state index contributed by atoms with van der Waals surface area (Å²) >= 11 is 0. The zero-order valence-corrected chi connectivity index (χ0v) is 20.0. The number of nitrogens with one attached hydrogen (secondary N) is 1. The zero-order chi connectivity index (χ0) is 23.8. The molecule has 0 aromatic heterocycles. The first-order valence-electron chi connectivity index (χ1n) is 11.1. The molecule has 0 radical (unpaired) electrons. The number of dihydropyridines is 1. The lowest BCUT2D eigenvalue weighted by atomic mass is 9.75.